The van der Waals surface area contributed by atoms with E-state index in [2.05, 4.69) is 11.9 Å². The SMILES string of the molecule is Cc1ccc(C(=O)O)c(N(C)CC2CC2C)n1. The van der Waals surface area contributed by atoms with Crippen molar-refractivity contribution >= 4 is 11.8 Å². The van der Waals surface area contributed by atoms with Crippen molar-refractivity contribution in [2.75, 3.05) is 18.5 Å². The lowest BCUT2D eigenvalue weighted by atomic mass is 10.2. The fraction of sp³-hybridized carbons (Fsp3) is 0.538. The van der Waals surface area contributed by atoms with E-state index in [1.165, 1.54) is 6.42 Å². The van der Waals surface area contributed by atoms with Gasteiger partial charge in [0.2, 0.25) is 0 Å². The zero-order chi connectivity index (χ0) is 12.6. The van der Waals surface area contributed by atoms with Gasteiger partial charge >= 0.3 is 5.97 Å². The molecule has 2 rings (SSSR count). The van der Waals surface area contributed by atoms with Crippen LogP contribution in [0.15, 0.2) is 12.1 Å². The molecule has 0 aromatic carbocycles. The van der Waals surface area contributed by atoms with Crippen molar-refractivity contribution in [3.63, 3.8) is 0 Å². The summed E-state index contributed by atoms with van der Waals surface area (Å²) in [5.41, 5.74) is 1.13. The van der Waals surface area contributed by atoms with Crippen LogP contribution in [-0.2, 0) is 0 Å². The Morgan fingerprint density at radius 3 is 2.76 bits per heavy atom. The van der Waals surface area contributed by atoms with Gasteiger partial charge in [-0.1, -0.05) is 6.92 Å². The van der Waals surface area contributed by atoms with E-state index in [9.17, 15) is 4.79 Å². The Kier molecular flexibility index (Phi) is 3.05. The van der Waals surface area contributed by atoms with E-state index in [1.54, 1.807) is 12.1 Å². The van der Waals surface area contributed by atoms with Crippen LogP contribution in [0.4, 0.5) is 5.82 Å². The molecule has 4 heteroatoms. The lowest BCUT2D eigenvalue weighted by Gasteiger charge is -2.20. The first kappa shape index (κ1) is 11.9. The second-order valence-corrected chi connectivity index (χ2v) is 4.98. The number of rotatable bonds is 4. The van der Waals surface area contributed by atoms with Crippen molar-refractivity contribution in [1.29, 1.82) is 0 Å². The summed E-state index contributed by atoms with van der Waals surface area (Å²) in [5, 5.41) is 9.14. The van der Waals surface area contributed by atoms with Crippen molar-refractivity contribution in [2.45, 2.75) is 20.3 Å². The van der Waals surface area contributed by atoms with E-state index in [0.29, 0.717) is 11.7 Å². The molecule has 17 heavy (non-hydrogen) atoms. The summed E-state index contributed by atoms with van der Waals surface area (Å²) < 4.78 is 0. The first-order valence-electron chi connectivity index (χ1n) is 5.91. The molecule has 1 aliphatic carbocycles. The summed E-state index contributed by atoms with van der Waals surface area (Å²) in [6.07, 6.45) is 1.23. The highest BCUT2D eigenvalue weighted by atomic mass is 16.4. The fourth-order valence-corrected chi connectivity index (χ4v) is 2.09. The second-order valence-electron chi connectivity index (χ2n) is 4.98. The Morgan fingerprint density at radius 2 is 2.24 bits per heavy atom. The maximum absolute atomic E-state index is 11.1. The van der Waals surface area contributed by atoms with Gasteiger partial charge in [0, 0.05) is 19.3 Å². The summed E-state index contributed by atoms with van der Waals surface area (Å²) in [6.45, 7) is 4.99. The average Bonchev–Trinajstić information content (AvgIpc) is 2.93. The maximum atomic E-state index is 11.1. The van der Waals surface area contributed by atoms with E-state index in [1.807, 2.05) is 18.9 Å². The molecule has 0 bridgehead atoms. The topological polar surface area (TPSA) is 53.4 Å². The van der Waals surface area contributed by atoms with Gasteiger partial charge in [0.25, 0.3) is 0 Å². The first-order chi connectivity index (χ1) is 7.99. The quantitative estimate of drug-likeness (QED) is 0.867. The summed E-state index contributed by atoms with van der Waals surface area (Å²) in [4.78, 5) is 17.4. The number of hydrogen-bond acceptors (Lipinski definition) is 3. The predicted octanol–water partition coefficient (Wildman–Crippen LogP) is 2.18. The zero-order valence-corrected chi connectivity index (χ0v) is 10.5. The van der Waals surface area contributed by atoms with Gasteiger partial charge in [-0.05, 0) is 37.3 Å². The Morgan fingerprint density at radius 1 is 1.59 bits per heavy atom. The molecule has 0 spiro atoms. The number of carboxylic acid groups (broad SMARTS) is 1. The summed E-state index contributed by atoms with van der Waals surface area (Å²) >= 11 is 0. The number of aryl methyl sites for hydroxylation is 1. The Labute approximate surface area is 101 Å². The summed E-state index contributed by atoms with van der Waals surface area (Å²) in [6, 6.07) is 3.37. The number of anilines is 1. The van der Waals surface area contributed by atoms with Crippen LogP contribution in [0.5, 0.6) is 0 Å². The number of carboxylic acids is 1. The van der Waals surface area contributed by atoms with Gasteiger partial charge in [0.05, 0.1) is 0 Å². The fourth-order valence-electron chi connectivity index (χ4n) is 2.09. The number of hydrogen-bond donors (Lipinski definition) is 1. The van der Waals surface area contributed by atoms with E-state index in [4.69, 9.17) is 5.11 Å². The third-order valence-electron chi connectivity index (χ3n) is 3.39. The molecule has 1 heterocycles. The van der Waals surface area contributed by atoms with Crippen LogP contribution in [0.25, 0.3) is 0 Å². The van der Waals surface area contributed by atoms with Crippen molar-refractivity contribution in [3.8, 4) is 0 Å². The minimum Gasteiger partial charge on any atom is -0.478 e. The molecule has 1 aromatic rings. The van der Waals surface area contributed by atoms with Crippen LogP contribution in [0.3, 0.4) is 0 Å². The van der Waals surface area contributed by atoms with Gasteiger partial charge in [-0.3, -0.25) is 0 Å². The van der Waals surface area contributed by atoms with Crippen LogP contribution < -0.4 is 4.90 Å². The van der Waals surface area contributed by atoms with Crippen LogP contribution >= 0.6 is 0 Å². The van der Waals surface area contributed by atoms with E-state index >= 15 is 0 Å². The third kappa shape index (κ3) is 2.57. The summed E-state index contributed by atoms with van der Waals surface area (Å²) in [7, 11) is 1.92. The van der Waals surface area contributed by atoms with Crippen LogP contribution in [0.2, 0.25) is 0 Å². The van der Waals surface area contributed by atoms with Crippen LogP contribution in [-0.4, -0.2) is 29.7 Å². The molecular formula is C13H18N2O2. The minimum absolute atomic E-state index is 0.284. The first-order valence-corrected chi connectivity index (χ1v) is 5.91. The highest BCUT2D eigenvalue weighted by molar-refractivity contribution is 5.93. The van der Waals surface area contributed by atoms with Gasteiger partial charge < -0.3 is 10.0 Å². The van der Waals surface area contributed by atoms with Gasteiger partial charge in [0.15, 0.2) is 0 Å². The van der Waals surface area contributed by atoms with E-state index in [0.717, 1.165) is 18.2 Å². The molecule has 1 aromatic heterocycles. The van der Waals surface area contributed by atoms with Gasteiger partial charge in [0.1, 0.15) is 11.4 Å². The molecular weight excluding hydrogens is 216 g/mol. The van der Waals surface area contributed by atoms with Crippen LogP contribution in [0, 0.1) is 18.8 Å². The monoisotopic (exact) mass is 234 g/mol. The molecule has 0 amide bonds. The number of nitrogens with zero attached hydrogens (tertiary/aromatic N) is 2. The van der Waals surface area contributed by atoms with Gasteiger partial charge in [-0.15, -0.1) is 0 Å². The molecule has 2 unspecified atom stereocenters. The highest BCUT2D eigenvalue weighted by Crippen LogP contribution is 2.38. The number of carbonyl (C=O) groups is 1. The van der Waals surface area contributed by atoms with Crippen molar-refractivity contribution in [1.82, 2.24) is 4.98 Å². The molecule has 2 atom stereocenters. The molecule has 1 fully saturated rings. The van der Waals surface area contributed by atoms with E-state index in [-0.39, 0.29) is 5.56 Å². The number of aromatic nitrogens is 1. The molecule has 1 aliphatic rings. The lowest BCUT2D eigenvalue weighted by Crippen LogP contribution is -2.24. The maximum Gasteiger partial charge on any atom is 0.339 e. The zero-order valence-electron chi connectivity index (χ0n) is 10.5. The molecule has 0 aliphatic heterocycles. The number of pyridine rings is 1. The molecule has 0 radical (unpaired) electrons. The van der Waals surface area contributed by atoms with Crippen molar-refractivity contribution in [3.05, 3.63) is 23.4 Å². The molecule has 92 valence electrons. The number of aromatic carboxylic acids is 1. The van der Waals surface area contributed by atoms with E-state index < -0.39 is 5.97 Å². The largest absolute Gasteiger partial charge is 0.478 e. The standard InChI is InChI=1S/C13H18N2O2/c1-8-6-10(8)7-15(3)12-11(13(16)17)5-4-9(2)14-12/h4-5,8,10H,6-7H2,1-3H3,(H,16,17). The molecule has 0 saturated heterocycles. The highest BCUT2D eigenvalue weighted by Gasteiger charge is 2.34. The smallest absolute Gasteiger partial charge is 0.339 e. The predicted molar refractivity (Wildman–Crippen MR) is 66.5 cm³/mol. The van der Waals surface area contributed by atoms with Gasteiger partial charge in [-0.25, -0.2) is 9.78 Å². The minimum atomic E-state index is -0.914. The van der Waals surface area contributed by atoms with Crippen molar-refractivity contribution < 1.29 is 9.90 Å². The molecule has 1 saturated carbocycles. The third-order valence-corrected chi connectivity index (χ3v) is 3.39. The Hall–Kier alpha value is -1.58. The van der Waals surface area contributed by atoms with Gasteiger partial charge in [-0.2, -0.15) is 0 Å². The van der Waals surface area contributed by atoms with Crippen LogP contribution in [0.1, 0.15) is 29.4 Å². The Bertz CT molecular complexity index is 445. The Balaban J connectivity index is 2.22. The molecule has 4 nitrogen and oxygen atoms in total. The molecule has 1 N–H and O–H groups in total. The average molecular weight is 234 g/mol. The lowest BCUT2D eigenvalue weighted by molar-refractivity contribution is 0.0697. The van der Waals surface area contributed by atoms with Crippen molar-refractivity contribution in [2.24, 2.45) is 11.8 Å². The normalized spacial score (nSPS) is 22.3. The second kappa shape index (κ2) is 4.35. The summed E-state index contributed by atoms with van der Waals surface area (Å²) in [5.74, 6) is 1.11.